The van der Waals surface area contributed by atoms with Crippen LogP contribution in [0.15, 0.2) is 0 Å². The minimum atomic E-state index is -0.688. The Morgan fingerprint density at radius 3 is 2.48 bits per heavy atom. The first-order valence-corrected chi connectivity index (χ1v) is 5.85. The van der Waals surface area contributed by atoms with Gasteiger partial charge in [-0.2, -0.15) is 4.80 Å². The van der Waals surface area contributed by atoms with Crippen LogP contribution < -0.4 is 0 Å². The van der Waals surface area contributed by atoms with E-state index in [0.29, 0.717) is 5.82 Å². The predicted octanol–water partition coefficient (Wildman–Crippen LogP) is -1.65. The molecule has 2 aromatic rings. The maximum Gasteiger partial charge on any atom is 0.360 e. The van der Waals surface area contributed by atoms with Crippen molar-refractivity contribution in [3.8, 4) is 0 Å². The zero-order valence-corrected chi connectivity index (χ0v) is 11.7. The average molecular weight is 295 g/mol. The van der Waals surface area contributed by atoms with Crippen LogP contribution in [0.5, 0.6) is 0 Å². The van der Waals surface area contributed by atoms with Gasteiger partial charge in [0.1, 0.15) is 6.54 Å². The second-order valence-corrected chi connectivity index (χ2v) is 3.98. The second-order valence-electron chi connectivity index (χ2n) is 3.98. The molecule has 2 heterocycles. The van der Waals surface area contributed by atoms with Crippen molar-refractivity contribution in [3.63, 3.8) is 0 Å². The summed E-state index contributed by atoms with van der Waals surface area (Å²) in [4.78, 5) is 24.4. The van der Waals surface area contributed by atoms with Crippen molar-refractivity contribution in [2.45, 2.75) is 13.0 Å². The summed E-state index contributed by atoms with van der Waals surface area (Å²) in [5.41, 5.74) is 0.216. The molecule has 0 radical (unpaired) electrons. The van der Waals surface area contributed by atoms with E-state index in [4.69, 9.17) is 0 Å². The lowest BCUT2D eigenvalue weighted by Gasteiger charge is -2.04. The van der Waals surface area contributed by atoms with E-state index in [9.17, 15) is 9.59 Å². The van der Waals surface area contributed by atoms with Gasteiger partial charge in [-0.1, -0.05) is 5.21 Å². The number of nitrogens with zero attached hydrogens (tertiary/aromatic N) is 7. The summed E-state index contributed by atoms with van der Waals surface area (Å²) in [6.07, 6.45) is -0.172. The van der Waals surface area contributed by atoms with E-state index in [0.717, 1.165) is 0 Å². The molecule has 0 aliphatic carbocycles. The van der Waals surface area contributed by atoms with E-state index in [1.807, 2.05) is 0 Å². The number of rotatable bonds is 5. The van der Waals surface area contributed by atoms with Gasteiger partial charge in [0.2, 0.25) is 0 Å². The molecule has 0 N–H and O–H groups in total. The van der Waals surface area contributed by atoms with Crippen molar-refractivity contribution in [2.24, 2.45) is 7.05 Å². The fraction of sp³-hybridized carbons (Fsp3) is 0.500. The first-order chi connectivity index (χ1) is 10.0. The molecule has 0 atom stereocenters. The highest BCUT2D eigenvalue weighted by Gasteiger charge is 2.23. The molecule has 0 aliphatic heterocycles. The van der Waals surface area contributed by atoms with E-state index >= 15 is 0 Å². The lowest BCUT2D eigenvalue weighted by Crippen LogP contribution is -2.16. The van der Waals surface area contributed by atoms with E-state index in [2.05, 4.69) is 35.2 Å². The monoisotopic (exact) mass is 295 g/mol. The zero-order chi connectivity index (χ0) is 15.4. The van der Waals surface area contributed by atoms with Crippen molar-refractivity contribution < 1.29 is 19.1 Å². The molecule has 0 aliphatic rings. The molecule has 0 unspecified atom stereocenters. The van der Waals surface area contributed by atoms with Crippen molar-refractivity contribution in [1.29, 1.82) is 0 Å². The summed E-state index contributed by atoms with van der Waals surface area (Å²) in [6.45, 7) is 0.115. The Balaban J connectivity index is 2.33. The molecule has 0 saturated heterocycles. The van der Waals surface area contributed by atoms with E-state index in [1.54, 1.807) is 7.05 Å². The molecule has 11 heteroatoms. The molecule has 0 fully saturated rings. The molecule has 0 spiro atoms. The third kappa shape index (κ3) is 3.19. The number of carbonyl (C=O) groups is 2. The predicted molar refractivity (Wildman–Crippen MR) is 65.0 cm³/mol. The van der Waals surface area contributed by atoms with Crippen LogP contribution in [0.25, 0.3) is 0 Å². The Morgan fingerprint density at radius 1 is 1.14 bits per heavy atom. The normalized spacial score (nSPS) is 10.4. The van der Waals surface area contributed by atoms with Gasteiger partial charge in [-0.05, 0) is 5.21 Å². The highest BCUT2D eigenvalue weighted by atomic mass is 16.5. The van der Waals surface area contributed by atoms with Crippen LogP contribution in [0.3, 0.4) is 0 Å². The van der Waals surface area contributed by atoms with Gasteiger partial charge in [0, 0.05) is 0 Å². The van der Waals surface area contributed by atoms with Crippen LogP contribution in [-0.4, -0.2) is 61.4 Å². The van der Waals surface area contributed by atoms with Crippen molar-refractivity contribution in [2.75, 3.05) is 14.2 Å². The summed E-state index contributed by atoms with van der Waals surface area (Å²) < 4.78 is 10.5. The minimum absolute atomic E-state index is 0.0493. The van der Waals surface area contributed by atoms with Crippen molar-refractivity contribution in [1.82, 2.24) is 35.2 Å². The summed E-state index contributed by atoms with van der Waals surface area (Å²) in [7, 11) is 4.08. The molecule has 0 saturated carbocycles. The molecule has 0 amide bonds. The minimum Gasteiger partial charge on any atom is -0.469 e. The summed E-state index contributed by atoms with van der Waals surface area (Å²) >= 11 is 0. The topological polar surface area (TPSA) is 127 Å². The number of aromatic nitrogens is 7. The maximum atomic E-state index is 11.6. The quantitative estimate of drug-likeness (QED) is 0.596. The van der Waals surface area contributed by atoms with Gasteiger partial charge in [-0.15, -0.1) is 15.3 Å². The smallest absolute Gasteiger partial charge is 0.360 e. The Bertz CT molecular complexity index is 662. The van der Waals surface area contributed by atoms with E-state index in [-0.39, 0.29) is 24.4 Å². The Morgan fingerprint density at radius 2 is 1.90 bits per heavy atom. The van der Waals surface area contributed by atoms with E-state index in [1.165, 1.54) is 23.7 Å². The highest BCUT2D eigenvalue weighted by molar-refractivity contribution is 5.89. The lowest BCUT2D eigenvalue weighted by atomic mass is 10.2. The molecular formula is C10H13N7O4. The van der Waals surface area contributed by atoms with Gasteiger partial charge >= 0.3 is 11.9 Å². The van der Waals surface area contributed by atoms with Gasteiger partial charge < -0.3 is 9.47 Å². The third-order valence-electron chi connectivity index (χ3n) is 2.60. The molecular weight excluding hydrogens is 282 g/mol. The lowest BCUT2D eigenvalue weighted by molar-refractivity contribution is -0.139. The zero-order valence-electron chi connectivity index (χ0n) is 11.7. The summed E-state index contributed by atoms with van der Waals surface area (Å²) in [5.74, 6) is -0.854. The largest absolute Gasteiger partial charge is 0.469 e. The number of hydrogen-bond donors (Lipinski definition) is 0. The fourth-order valence-corrected chi connectivity index (χ4v) is 1.62. The molecule has 21 heavy (non-hydrogen) atoms. The highest BCUT2D eigenvalue weighted by Crippen LogP contribution is 2.10. The molecule has 11 nitrogen and oxygen atoms in total. The Hall–Kier alpha value is -2.85. The fourth-order valence-electron chi connectivity index (χ4n) is 1.62. The van der Waals surface area contributed by atoms with Gasteiger partial charge in [0.05, 0.1) is 33.4 Å². The van der Waals surface area contributed by atoms with Crippen molar-refractivity contribution in [3.05, 3.63) is 17.2 Å². The second kappa shape index (κ2) is 6.07. The summed E-state index contributed by atoms with van der Waals surface area (Å²) in [6, 6.07) is 0. The van der Waals surface area contributed by atoms with Crippen LogP contribution in [-0.2, 0) is 34.3 Å². The first-order valence-electron chi connectivity index (χ1n) is 5.85. The van der Waals surface area contributed by atoms with Gasteiger partial charge in [-0.3, -0.25) is 4.79 Å². The van der Waals surface area contributed by atoms with Crippen LogP contribution in [0.4, 0.5) is 0 Å². The molecule has 2 rings (SSSR count). The van der Waals surface area contributed by atoms with Crippen LogP contribution in [0.2, 0.25) is 0 Å². The Kier molecular flexibility index (Phi) is 4.21. The maximum absolute atomic E-state index is 11.6. The average Bonchev–Trinajstić information content (AvgIpc) is 3.05. The number of aryl methyl sites for hydroxylation is 1. The number of ether oxygens (including phenoxy) is 2. The molecule has 0 aromatic carbocycles. The van der Waals surface area contributed by atoms with Crippen LogP contribution in [0.1, 0.15) is 22.0 Å². The Labute approximate surface area is 118 Å². The number of tetrazole rings is 1. The number of carbonyl (C=O) groups excluding carboxylic acids is 2. The molecule has 0 bridgehead atoms. The van der Waals surface area contributed by atoms with E-state index < -0.39 is 11.9 Å². The van der Waals surface area contributed by atoms with Crippen LogP contribution >= 0.6 is 0 Å². The summed E-state index contributed by atoms with van der Waals surface area (Å²) in [5, 5.41) is 19.0. The SMILES string of the molecule is COC(=O)Cc1c(C(=O)OC)nnn1Cc1nnn(C)n1. The third-order valence-corrected chi connectivity index (χ3v) is 2.60. The number of methoxy groups -OCH3 is 2. The molecule has 112 valence electrons. The standard InChI is InChI=1S/C10H13N7O4/c1-16-13-7(11-14-16)5-17-6(4-8(18)20-2)9(12-15-17)10(19)21-3/h4-5H2,1-3H3. The number of hydrogen-bond acceptors (Lipinski definition) is 9. The van der Waals surface area contributed by atoms with Gasteiger partial charge in [0.25, 0.3) is 0 Å². The number of esters is 2. The van der Waals surface area contributed by atoms with Gasteiger partial charge in [-0.25, -0.2) is 9.48 Å². The van der Waals surface area contributed by atoms with Crippen molar-refractivity contribution >= 4 is 11.9 Å². The first kappa shape index (κ1) is 14.6. The van der Waals surface area contributed by atoms with Crippen LogP contribution in [0, 0.1) is 0 Å². The molecule has 2 aromatic heterocycles. The van der Waals surface area contributed by atoms with Gasteiger partial charge in [0.15, 0.2) is 11.5 Å².